The quantitative estimate of drug-likeness (QED) is 0.700. The van der Waals surface area contributed by atoms with E-state index in [1.165, 1.54) is 0 Å². The molecule has 0 saturated carbocycles. The molecule has 1 aliphatic rings. The van der Waals surface area contributed by atoms with Gasteiger partial charge in [-0.25, -0.2) is 4.98 Å². The van der Waals surface area contributed by atoms with Crippen molar-refractivity contribution in [3.63, 3.8) is 0 Å². The Hall–Kier alpha value is -2.40. The summed E-state index contributed by atoms with van der Waals surface area (Å²) in [6.07, 6.45) is 5.11. The number of aryl methyl sites for hydroxylation is 2. The van der Waals surface area contributed by atoms with Crippen LogP contribution in [-0.4, -0.2) is 27.3 Å². The zero-order valence-electron chi connectivity index (χ0n) is 16.3. The number of nitrogens with zero attached hydrogens (tertiary/aromatic N) is 3. The maximum atomic E-state index is 12.2. The smallest absolute Gasteiger partial charge is 0.253 e. The second-order valence-electron chi connectivity index (χ2n) is 7.55. The maximum Gasteiger partial charge on any atom is 0.253 e. The molecule has 27 heavy (non-hydrogen) atoms. The van der Waals surface area contributed by atoms with Gasteiger partial charge in [0.25, 0.3) is 5.56 Å². The minimum Gasteiger partial charge on any atom is -0.381 e. The Kier molecular flexibility index (Phi) is 4.87. The lowest BCUT2D eigenvalue weighted by Gasteiger charge is -2.32. The lowest BCUT2D eigenvalue weighted by molar-refractivity contribution is 0.0487. The molecule has 0 radical (unpaired) electrons. The molecule has 1 aliphatic heterocycles. The van der Waals surface area contributed by atoms with Gasteiger partial charge < -0.3 is 13.9 Å². The first kappa shape index (κ1) is 18.0. The van der Waals surface area contributed by atoms with E-state index in [9.17, 15) is 4.79 Å². The highest BCUT2D eigenvalue weighted by Crippen LogP contribution is 2.37. The van der Waals surface area contributed by atoms with E-state index in [4.69, 9.17) is 9.72 Å². The molecule has 1 unspecified atom stereocenters. The summed E-state index contributed by atoms with van der Waals surface area (Å²) in [6.45, 7) is 5.80. The van der Waals surface area contributed by atoms with Gasteiger partial charge in [-0.2, -0.15) is 0 Å². The van der Waals surface area contributed by atoms with Crippen LogP contribution in [0.25, 0.3) is 22.4 Å². The van der Waals surface area contributed by atoms with Crippen LogP contribution in [-0.2, 0) is 11.8 Å². The van der Waals surface area contributed by atoms with Crippen LogP contribution in [0.15, 0.2) is 41.3 Å². The van der Waals surface area contributed by atoms with Crippen LogP contribution in [0, 0.1) is 12.8 Å². The standard InChI is InChI=1S/C22H27N3O2/c1-4-19(16-9-11-27-12-10-16)25-20-8-6-5-7-18(20)23-21(25)17-13-15(2)22(26)24(3)14-17/h5-8,13-14,16,19H,4,9-12H2,1-3H3. The van der Waals surface area contributed by atoms with Gasteiger partial charge in [0, 0.05) is 43.6 Å². The number of fused-ring (bicyclic) bond motifs is 1. The molecular weight excluding hydrogens is 338 g/mol. The van der Waals surface area contributed by atoms with Crippen molar-refractivity contribution in [3.8, 4) is 11.4 Å². The minimum absolute atomic E-state index is 0.0397. The van der Waals surface area contributed by atoms with Gasteiger partial charge in [0.15, 0.2) is 0 Å². The van der Waals surface area contributed by atoms with Crippen LogP contribution < -0.4 is 5.56 Å². The number of ether oxygens (including phenoxy) is 1. The number of imidazole rings is 1. The molecule has 0 amide bonds. The van der Waals surface area contributed by atoms with Gasteiger partial charge in [0.05, 0.1) is 11.0 Å². The highest BCUT2D eigenvalue weighted by molar-refractivity contribution is 5.80. The van der Waals surface area contributed by atoms with Gasteiger partial charge in [-0.1, -0.05) is 19.1 Å². The van der Waals surface area contributed by atoms with Crippen molar-refractivity contribution < 1.29 is 4.74 Å². The molecule has 1 saturated heterocycles. The Morgan fingerprint density at radius 3 is 2.70 bits per heavy atom. The summed E-state index contributed by atoms with van der Waals surface area (Å²) in [5.74, 6) is 1.53. The van der Waals surface area contributed by atoms with E-state index in [1.54, 1.807) is 4.57 Å². The molecule has 5 nitrogen and oxygen atoms in total. The van der Waals surface area contributed by atoms with Crippen molar-refractivity contribution in [2.24, 2.45) is 13.0 Å². The molecule has 0 aliphatic carbocycles. The lowest BCUT2D eigenvalue weighted by Crippen LogP contribution is -2.26. The second kappa shape index (κ2) is 7.31. The monoisotopic (exact) mass is 365 g/mol. The highest BCUT2D eigenvalue weighted by atomic mass is 16.5. The van der Waals surface area contributed by atoms with Crippen molar-refractivity contribution >= 4 is 11.0 Å². The molecule has 1 atom stereocenters. The molecule has 0 bridgehead atoms. The maximum absolute atomic E-state index is 12.2. The molecule has 3 aromatic rings. The molecule has 1 aromatic carbocycles. The largest absolute Gasteiger partial charge is 0.381 e. The topological polar surface area (TPSA) is 49.0 Å². The zero-order valence-corrected chi connectivity index (χ0v) is 16.3. The summed E-state index contributed by atoms with van der Waals surface area (Å²) in [7, 11) is 1.81. The van der Waals surface area contributed by atoms with E-state index in [-0.39, 0.29) is 5.56 Å². The van der Waals surface area contributed by atoms with Crippen molar-refractivity contribution in [2.75, 3.05) is 13.2 Å². The summed E-state index contributed by atoms with van der Waals surface area (Å²) in [4.78, 5) is 17.1. The predicted octanol–water partition coefficient (Wildman–Crippen LogP) is 4.09. The van der Waals surface area contributed by atoms with Crippen LogP contribution in [0.2, 0.25) is 0 Å². The SMILES string of the molecule is CCC(C1CCOCC1)n1c(-c2cc(C)c(=O)n(C)c2)nc2ccccc21. The molecule has 5 heteroatoms. The Morgan fingerprint density at radius 2 is 2.00 bits per heavy atom. The van der Waals surface area contributed by atoms with E-state index in [2.05, 4.69) is 29.7 Å². The Labute approximate surface area is 159 Å². The molecule has 4 rings (SSSR count). The third kappa shape index (κ3) is 3.21. The van der Waals surface area contributed by atoms with Crippen LogP contribution in [0.4, 0.5) is 0 Å². The third-order valence-electron chi connectivity index (χ3n) is 5.78. The second-order valence-corrected chi connectivity index (χ2v) is 7.55. The first-order valence-corrected chi connectivity index (χ1v) is 9.82. The minimum atomic E-state index is 0.0397. The summed E-state index contributed by atoms with van der Waals surface area (Å²) < 4.78 is 9.66. The normalized spacial score (nSPS) is 16.7. The van der Waals surface area contributed by atoms with Gasteiger partial charge in [-0.3, -0.25) is 4.79 Å². The highest BCUT2D eigenvalue weighted by Gasteiger charge is 2.28. The Balaban J connectivity index is 1.93. The van der Waals surface area contributed by atoms with Gasteiger partial charge in [0.1, 0.15) is 5.82 Å². The van der Waals surface area contributed by atoms with E-state index in [1.807, 2.05) is 32.3 Å². The van der Waals surface area contributed by atoms with Gasteiger partial charge in [0.2, 0.25) is 0 Å². The molecular formula is C22H27N3O2. The van der Waals surface area contributed by atoms with Crippen LogP contribution in [0.5, 0.6) is 0 Å². The third-order valence-corrected chi connectivity index (χ3v) is 5.78. The van der Waals surface area contributed by atoms with Gasteiger partial charge >= 0.3 is 0 Å². The molecule has 142 valence electrons. The number of pyridine rings is 1. The van der Waals surface area contributed by atoms with E-state index in [0.29, 0.717) is 12.0 Å². The Bertz CT molecular complexity index is 986. The molecule has 0 N–H and O–H groups in total. The average Bonchev–Trinajstić information content (AvgIpc) is 3.07. The summed E-state index contributed by atoms with van der Waals surface area (Å²) in [5.41, 5.74) is 3.95. The van der Waals surface area contributed by atoms with Crippen molar-refractivity contribution in [2.45, 2.75) is 39.2 Å². The number of rotatable bonds is 4. The van der Waals surface area contributed by atoms with Crippen molar-refractivity contribution in [1.29, 1.82) is 0 Å². The van der Waals surface area contributed by atoms with Crippen molar-refractivity contribution in [1.82, 2.24) is 14.1 Å². The fourth-order valence-electron chi connectivity index (χ4n) is 4.41. The van der Waals surface area contributed by atoms with Crippen LogP contribution >= 0.6 is 0 Å². The predicted molar refractivity (Wildman–Crippen MR) is 108 cm³/mol. The zero-order chi connectivity index (χ0) is 19.0. The summed E-state index contributed by atoms with van der Waals surface area (Å²) in [6, 6.07) is 10.7. The van der Waals surface area contributed by atoms with Gasteiger partial charge in [-0.15, -0.1) is 0 Å². The van der Waals surface area contributed by atoms with E-state index < -0.39 is 0 Å². The number of benzene rings is 1. The summed E-state index contributed by atoms with van der Waals surface area (Å²) in [5, 5.41) is 0. The fraction of sp³-hybridized carbons (Fsp3) is 0.455. The number of para-hydroxylation sites is 2. The number of aromatic nitrogens is 3. The van der Waals surface area contributed by atoms with Crippen LogP contribution in [0.1, 0.15) is 37.8 Å². The summed E-state index contributed by atoms with van der Waals surface area (Å²) >= 11 is 0. The molecule has 2 aromatic heterocycles. The number of hydrogen-bond donors (Lipinski definition) is 0. The molecule has 1 fully saturated rings. The molecule has 0 spiro atoms. The average molecular weight is 365 g/mol. The van der Waals surface area contributed by atoms with Crippen LogP contribution in [0.3, 0.4) is 0 Å². The number of hydrogen-bond acceptors (Lipinski definition) is 3. The molecule has 3 heterocycles. The fourth-order valence-corrected chi connectivity index (χ4v) is 4.41. The van der Waals surface area contributed by atoms with E-state index >= 15 is 0 Å². The van der Waals surface area contributed by atoms with E-state index in [0.717, 1.165) is 60.5 Å². The van der Waals surface area contributed by atoms with Crippen molar-refractivity contribution in [3.05, 3.63) is 52.4 Å². The Morgan fingerprint density at radius 1 is 1.26 bits per heavy atom. The first-order valence-electron chi connectivity index (χ1n) is 9.82. The van der Waals surface area contributed by atoms with Gasteiger partial charge in [-0.05, 0) is 50.3 Å². The lowest BCUT2D eigenvalue weighted by atomic mass is 9.89. The first-order chi connectivity index (χ1) is 13.1.